The van der Waals surface area contributed by atoms with Gasteiger partial charge in [0, 0.05) is 13.2 Å². The lowest BCUT2D eigenvalue weighted by molar-refractivity contribution is 0.168. The van der Waals surface area contributed by atoms with Crippen LogP contribution >= 0.6 is 0 Å². The molecule has 0 aliphatic rings. The highest BCUT2D eigenvalue weighted by Crippen LogP contribution is 2.36. The van der Waals surface area contributed by atoms with Crippen molar-refractivity contribution in [2.45, 2.75) is 39.0 Å². The van der Waals surface area contributed by atoms with Gasteiger partial charge in [0.15, 0.2) is 0 Å². The average molecular weight is 250 g/mol. The van der Waals surface area contributed by atoms with Crippen molar-refractivity contribution >= 4 is 0 Å². The van der Waals surface area contributed by atoms with Crippen LogP contribution in [0.4, 0.5) is 0 Å². The SMILES string of the molecule is CC(CO)CC(C)(CC(C)CO)c1ccccc1. The minimum atomic E-state index is 0.0194. The largest absolute Gasteiger partial charge is 0.396 e. The van der Waals surface area contributed by atoms with E-state index in [1.54, 1.807) is 0 Å². The maximum atomic E-state index is 9.29. The number of hydrogen-bond acceptors (Lipinski definition) is 2. The van der Waals surface area contributed by atoms with Crippen molar-refractivity contribution < 1.29 is 10.2 Å². The monoisotopic (exact) mass is 250 g/mol. The van der Waals surface area contributed by atoms with E-state index in [0.29, 0.717) is 0 Å². The second-order valence-corrected chi connectivity index (χ2v) is 5.91. The van der Waals surface area contributed by atoms with Crippen molar-refractivity contribution in [1.29, 1.82) is 0 Å². The van der Waals surface area contributed by atoms with Gasteiger partial charge >= 0.3 is 0 Å². The van der Waals surface area contributed by atoms with Crippen LogP contribution in [0.25, 0.3) is 0 Å². The van der Waals surface area contributed by atoms with Crippen LogP contribution in [0, 0.1) is 11.8 Å². The van der Waals surface area contributed by atoms with Crippen LogP contribution < -0.4 is 0 Å². The second kappa shape index (κ2) is 6.91. The molecule has 0 amide bonds. The number of aliphatic hydroxyl groups excluding tert-OH is 2. The number of aliphatic hydroxyl groups is 2. The molecule has 0 heterocycles. The number of rotatable bonds is 7. The second-order valence-electron chi connectivity index (χ2n) is 5.91. The van der Waals surface area contributed by atoms with E-state index in [0.717, 1.165) is 12.8 Å². The third-order valence-corrected chi connectivity index (χ3v) is 3.69. The Morgan fingerprint density at radius 1 is 0.944 bits per heavy atom. The predicted molar refractivity (Wildman–Crippen MR) is 75.5 cm³/mol. The van der Waals surface area contributed by atoms with Crippen LogP contribution in [-0.2, 0) is 5.41 Å². The molecule has 0 aliphatic heterocycles. The Hall–Kier alpha value is -0.860. The van der Waals surface area contributed by atoms with Gasteiger partial charge in [-0.25, -0.2) is 0 Å². The van der Waals surface area contributed by atoms with Crippen LogP contribution in [0.2, 0.25) is 0 Å². The topological polar surface area (TPSA) is 40.5 Å². The van der Waals surface area contributed by atoms with Crippen molar-refractivity contribution in [3.63, 3.8) is 0 Å². The zero-order chi connectivity index (χ0) is 13.6. The Labute approximate surface area is 111 Å². The van der Waals surface area contributed by atoms with Gasteiger partial charge in [-0.2, -0.15) is 0 Å². The minimum Gasteiger partial charge on any atom is -0.396 e. The van der Waals surface area contributed by atoms with Crippen LogP contribution in [0.1, 0.15) is 39.2 Å². The molecule has 2 unspecified atom stereocenters. The summed E-state index contributed by atoms with van der Waals surface area (Å²) in [7, 11) is 0. The molecule has 2 nitrogen and oxygen atoms in total. The maximum Gasteiger partial charge on any atom is 0.0456 e. The molecule has 2 atom stereocenters. The highest BCUT2D eigenvalue weighted by atomic mass is 16.3. The molecule has 0 saturated heterocycles. The van der Waals surface area contributed by atoms with Gasteiger partial charge in [0.2, 0.25) is 0 Å². The molecule has 2 heteroatoms. The third-order valence-electron chi connectivity index (χ3n) is 3.69. The highest BCUT2D eigenvalue weighted by molar-refractivity contribution is 5.24. The minimum absolute atomic E-state index is 0.0194. The summed E-state index contributed by atoms with van der Waals surface area (Å²) in [5.74, 6) is 0.558. The zero-order valence-electron chi connectivity index (χ0n) is 11.8. The van der Waals surface area contributed by atoms with E-state index in [-0.39, 0.29) is 30.5 Å². The van der Waals surface area contributed by atoms with Crippen molar-refractivity contribution in [1.82, 2.24) is 0 Å². The first-order chi connectivity index (χ1) is 8.51. The smallest absolute Gasteiger partial charge is 0.0456 e. The van der Waals surface area contributed by atoms with Gasteiger partial charge in [-0.1, -0.05) is 51.1 Å². The van der Waals surface area contributed by atoms with Crippen LogP contribution in [0.15, 0.2) is 30.3 Å². The molecule has 102 valence electrons. The molecular weight excluding hydrogens is 224 g/mol. The van der Waals surface area contributed by atoms with Gasteiger partial charge in [-0.05, 0) is 35.7 Å². The number of benzene rings is 1. The van der Waals surface area contributed by atoms with E-state index in [9.17, 15) is 10.2 Å². The van der Waals surface area contributed by atoms with E-state index in [4.69, 9.17) is 0 Å². The molecule has 1 aromatic rings. The van der Waals surface area contributed by atoms with E-state index >= 15 is 0 Å². The van der Waals surface area contributed by atoms with Gasteiger partial charge in [0.05, 0.1) is 0 Å². The molecular formula is C16H26O2. The molecule has 1 aromatic carbocycles. The fraction of sp³-hybridized carbons (Fsp3) is 0.625. The summed E-state index contributed by atoms with van der Waals surface area (Å²) >= 11 is 0. The van der Waals surface area contributed by atoms with E-state index in [1.165, 1.54) is 5.56 Å². The molecule has 2 N–H and O–H groups in total. The van der Waals surface area contributed by atoms with Crippen LogP contribution in [0.3, 0.4) is 0 Å². The Bertz CT molecular complexity index is 322. The molecule has 1 rings (SSSR count). The summed E-state index contributed by atoms with van der Waals surface area (Å²) < 4.78 is 0. The van der Waals surface area contributed by atoms with Crippen molar-refractivity contribution in [3.05, 3.63) is 35.9 Å². The molecule has 0 aliphatic carbocycles. The average Bonchev–Trinajstić information content (AvgIpc) is 2.39. The van der Waals surface area contributed by atoms with Gasteiger partial charge in [0.25, 0.3) is 0 Å². The first-order valence-electron chi connectivity index (χ1n) is 6.79. The van der Waals surface area contributed by atoms with Crippen molar-refractivity contribution in [3.8, 4) is 0 Å². The van der Waals surface area contributed by atoms with Crippen molar-refractivity contribution in [2.24, 2.45) is 11.8 Å². The van der Waals surface area contributed by atoms with Crippen LogP contribution in [-0.4, -0.2) is 23.4 Å². The Morgan fingerprint density at radius 2 is 1.39 bits per heavy atom. The first kappa shape index (κ1) is 15.2. The normalized spacial score (nSPS) is 18.1. The van der Waals surface area contributed by atoms with Gasteiger partial charge < -0.3 is 10.2 Å². The molecule has 0 radical (unpaired) electrons. The molecule has 0 saturated carbocycles. The maximum absolute atomic E-state index is 9.29. The standard InChI is InChI=1S/C16H26O2/c1-13(11-17)9-16(3,10-14(2)12-18)15-7-5-4-6-8-15/h4-8,13-14,17-18H,9-12H2,1-3H3. The summed E-state index contributed by atoms with van der Waals surface area (Å²) in [4.78, 5) is 0. The van der Waals surface area contributed by atoms with Crippen molar-refractivity contribution in [2.75, 3.05) is 13.2 Å². The number of hydrogen-bond donors (Lipinski definition) is 2. The molecule has 0 bridgehead atoms. The Balaban J connectivity index is 2.93. The van der Waals surface area contributed by atoms with Gasteiger partial charge in [0.1, 0.15) is 0 Å². The van der Waals surface area contributed by atoms with Gasteiger partial charge in [-0.3, -0.25) is 0 Å². The van der Waals surface area contributed by atoms with E-state index < -0.39 is 0 Å². The molecule has 0 spiro atoms. The zero-order valence-corrected chi connectivity index (χ0v) is 11.8. The summed E-state index contributed by atoms with van der Waals surface area (Å²) in [6, 6.07) is 10.4. The Kier molecular flexibility index (Phi) is 5.83. The fourth-order valence-electron chi connectivity index (χ4n) is 2.83. The van der Waals surface area contributed by atoms with E-state index in [1.807, 2.05) is 6.07 Å². The molecule has 0 aromatic heterocycles. The fourth-order valence-corrected chi connectivity index (χ4v) is 2.83. The first-order valence-corrected chi connectivity index (χ1v) is 6.79. The van der Waals surface area contributed by atoms with E-state index in [2.05, 4.69) is 45.0 Å². The lowest BCUT2D eigenvalue weighted by Gasteiger charge is -2.34. The summed E-state index contributed by atoms with van der Waals surface area (Å²) in [5, 5.41) is 18.6. The molecule has 0 fully saturated rings. The summed E-state index contributed by atoms with van der Waals surface area (Å²) in [6.45, 7) is 6.82. The Morgan fingerprint density at radius 3 is 1.78 bits per heavy atom. The predicted octanol–water partition coefficient (Wildman–Crippen LogP) is 2.98. The molecule has 18 heavy (non-hydrogen) atoms. The highest BCUT2D eigenvalue weighted by Gasteiger charge is 2.30. The van der Waals surface area contributed by atoms with Gasteiger partial charge in [-0.15, -0.1) is 0 Å². The quantitative estimate of drug-likeness (QED) is 0.781. The third kappa shape index (κ3) is 4.11. The lowest BCUT2D eigenvalue weighted by atomic mass is 9.71. The summed E-state index contributed by atoms with van der Waals surface area (Å²) in [5.41, 5.74) is 1.32. The lowest BCUT2D eigenvalue weighted by Crippen LogP contribution is -2.29. The summed E-state index contributed by atoms with van der Waals surface area (Å²) in [6.07, 6.45) is 1.88. The van der Waals surface area contributed by atoms with Crippen LogP contribution in [0.5, 0.6) is 0 Å².